The summed E-state index contributed by atoms with van der Waals surface area (Å²) in [6.45, 7) is 11.5. The van der Waals surface area contributed by atoms with E-state index in [1.807, 2.05) is 0 Å². The zero-order valence-corrected chi connectivity index (χ0v) is 11.5. The topological polar surface area (TPSA) is 52.7 Å². The Labute approximate surface area is 105 Å². The molecule has 0 saturated carbocycles. The quantitative estimate of drug-likeness (QED) is 0.747. The van der Waals surface area contributed by atoms with Crippen LogP contribution in [0.4, 0.5) is 0 Å². The fourth-order valence-corrected chi connectivity index (χ4v) is 2.25. The van der Waals surface area contributed by atoms with Crippen LogP contribution in [0.1, 0.15) is 20.8 Å². The molecule has 1 aliphatic heterocycles. The van der Waals surface area contributed by atoms with Crippen molar-refractivity contribution >= 4 is 12.4 Å². The van der Waals surface area contributed by atoms with E-state index in [4.69, 9.17) is 10.8 Å². The minimum absolute atomic E-state index is 0. The molecule has 1 heterocycles. The maximum atomic E-state index is 8.91. The number of nitrogens with two attached hydrogens (primary N) is 1. The van der Waals surface area contributed by atoms with E-state index in [2.05, 4.69) is 30.6 Å². The van der Waals surface area contributed by atoms with Crippen molar-refractivity contribution in [3.63, 3.8) is 0 Å². The van der Waals surface area contributed by atoms with E-state index >= 15 is 0 Å². The van der Waals surface area contributed by atoms with Crippen molar-refractivity contribution in [2.75, 3.05) is 39.3 Å². The Morgan fingerprint density at radius 3 is 2.44 bits per heavy atom. The van der Waals surface area contributed by atoms with Crippen LogP contribution in [0.3, 0.4) is 0 Å². The van der Waals surface area contributed by atoms with Crippen LogP contribution in [-0.4, -0.2) is 65.8 Å². The number of aliphatic hydroxyl groups is 1. The predicted octanol–water partition coefficient (Wildman–Crippen LogP) is 0.144. The molecule has 0 amide bonds. The van der Waals surface area contributed by atoms with Crippen LogP contribution in [0.5, 0.6) is 0 Å². The average molecular weight is 252 g/mol. The second kappa shape index (κ2) is 6.77. The fourth-order valence-electron chi connectivity index (χ4n) is 2.25. The first-order valence-corrected chi connectivity index (χ1v) is 5.78. The molecular weight excluding hydrogens is 226 g/mol. The molecule has 3 N–H and O–H groups in total. The highest BCUT2D eigenvalue weighted by molar-refractivity contribution is 5.85. The van der Waals surface area contributed by atoms with Gasteiger partial charge in [-0.05, 0) is 20.8 Å². The standard InChI is InChI=1S/C11H25N3O.ClH/c1-10-8-13(9-11(2,3)12)4-5-14(10)6-7-15;/h10,15H,4-9,12H2,1-3H3;1H. The van der Waals surface area contributed by atoms with Gasteiger partial charge < -0.3 is 10.8 Å². The van der Waals surface area contributed by atoms with Gasteiger partial charge in [-0.25, -0.2) is 0 Å². The molecule has 16 heavy (non-hydrogen) atoms. The molecule has 1 saturated heterocycles. The number of β-amino-alcohol motifs (C(OH)–C–C–N with tert-alkyl or cyclic N) is 1. The Morgan fingerprint density at radius 2 is 2.00 bits per heavy atom. The van der Waals surface area contributed by atoms with Crippen LogP contribution < -0.4 is 5.73 Å². The number of nitrogens with zero attached hydrogens (tertiary/aromatic N) is 2. The molecular formula is C11H26ClN3O. The van der Waals surface area contributed by atoms with Gasteiger partial charge in [0.1, 0.15) is 0 Å². The second-order valence-electron chi connectivity index (χ2n) is 5.33. The monoisotopic (exact) mass is 251 g/mol. The van der Waals surface area contributed by atoms with Crippen molar-refractivity contribution < 1.29 is 5.11 Å². The molecule has 0 spiro atoms. The van der Waals surface area contributed by atoms with Crippen LogP contribution >= 0.6 is 12.4 Å². The minimum atomic E-state index is -0.112. The molecule has 0 aromatic heterocycles. The van der Waals surface area contributed by atoms with Crippen LogP contribution in [-0.2, 0) is 0 Å². The third kappa shape index (κ3) is 5.46. The zero-order chi connectivity index (χ0) is 11.5. The van der Waals surface area contributed by atoms with E-state index in [1.165, 1.54) is 0 Å². The van der Waals surface area contributed by atoms with E-state index in [0.29, 0.717) is 6.04 Å². The van der Waals surface area contributed by atoms with Gasteiger partial charge >= 0.3 is 0 Å². The fraction of sp³-hybridized carbons (Fsp3) is 1.00. The van der Waals surface area contributed by atoms with Crippen LogP contribution in [0.2, 0.25) is 0 Å². The maximum Gasteiger partial charge on any atom is 0.0558 e. The third-order valence-electron chi connectivity index (χ3n) is 2.87. The van der Waals surface area contributed by atoms with Crippen molar-refractivity contribution in [2.45, 2.75) is 32.4 Å². The Bertz CT molecular complexity index is 196. The summed E-state index contributed by atoms with van der Waals surface area (Å²) in [5.41, 5.74) is 5.90. The lowest BCUT2D eigenvalue weighted by molar-refractivity contribution is 0.0596. The molecule has 4 nitrogen and oxygen atoms in total. The summed E-state index contributed by atoms with van der Waals surface area (Å²) in [6, 6.07) is 0.522. The van der Waals surface area contributed by atoms with Crippen LogP contribution in [0, 0.1) is 0 Å². The summed E-state index contributed by atoms with van der Waals surface area (Å²) < 4.78 is 0. The molecule has 5 heteroatoms. The van der Waals surface area contributed by atoms with Crippen molar-refractivity contribution in [3.05, 3.63) is 0 Å². The number of piperazine rings is 1. The maximum absolute atomic E-state index is 8.91. The normalized spacial score (nSPS) is 24.2. The smallest absolute Gasteiger partial charge is 0.0558 e. The zero-order valence-electron chi connectivity index (χ0n) is 10.6. The third-order valence-corrected chi connectivity index (χ3v) is 2.87. The summed E-state index contributed by atoms with van der Waals surface area (Å²) in [4.78, 5) is 4.75. The van der Waals surface area contributed by atoms with E-state index in [0.717, 1.165) is 32.7 Å². The summed E-state index contributed by atoms with van der Waals surface area (Å²) in [5, 5.41) is 8.91. The highest BCUT2D eigenvalue weighted by atomic mass is 35.5. The molecule has 0 aliphatic carbocycles. The van der Waals surface area contributed by atoms with Gasteiger partial charge in [0, 0.05) is 44.3 Å². The Hall–Kier alpha value is 0.130. The van der Waals surface area contributed by atoms with Crippen LogP contribution in [0.15, 0.2) is 0 Å². The van der Waals surface area contributed by atoms with E-state index in [1.54, 1.807) is 0 Å². The molecule has 0 bridgehead atoms. The number of halogens is 1. The molecule has 1 fully saturated rings. The number of hydrogen-bond donors (Lipinski definition) is 2. The lowest BCUT2D eigenvalue weighted by atomic mass is 10.1. The van der Waals surface area contributed by atoms with Gasteiger partial charge in [0.25, 0.3) is 0 Å². The largest absolute Gasteiger partial charge is 0.395 e. The van der Waals surface area contributed by atoms with Gasteiger partial charge in [0.05, 0.1) is 6.61 Å². The van der Waals surface area contributed by atoms with Gasteiger partial charge in [-0.2, -0.15) is 0 Å². The summed E-state index contributed by atoms with van der Waals surface area (Å²) in [6.07, 6.45) is 0. The summed E-state index contributed by atoms with van der Waals surface area (Å²) >= 11 is 0. The molecule has 1 atom stereocenters. The van der Waals surface area contributed by atoms with Gasteiger partial charge in [0.2, 0.25) is 0 Å². The van der Waals surface area contributed by atoms with E-state index in [-0.39, 0.29) is 24.6 Å². The first-order valence-electron chi connectivity index (χ1n) is 5.78. The summed E-state index contributed by atoms with van der Waals surface area (Å²) in [5.74, 6) is 0. The SMILES string of the molecule is CC1CN(CC(C)(C)N)CCN1CCO.Cl. The molecule has 0 aromatic carbocycles. The predicted molar refractivity (Wildman–Crippen MR) is 70.1 cm³/mol. The van der Waals surface area contributed by atoms with Crippen LogP contribution in [0.25, 0.3) is 0 Å². The van der Waals surface area contributed by atoms with Gasteiger partial charge in [-0.3, -0.25) is 9.80 Å². The Kier molecular flexibility index (Phi) is 6.82. The molecule has 1 aliphatic rings. The highest BCUT2D eigenvalue weighted by Crippen LogP contribution is 2.11. The Balaban J connectivity index is 0.00000225. The van der Waals surface area contributed by atoms with Gasteiger partial charge in [-0.15, -0.1) is 12.4 Å². The number of rotatable bonds is 4. The molecule has 0 aromatic rings. The van der Waals surface area contributed by atoms with Crippen molar-refractivity contribution in [3.8, 4) is 0 Å². The first-order chi connectivity index (χ1) is 6.92. The Morgan fingerprint density at radius 1 is 1.38 bits per heavy atom. The minimum Gasteiger partial charge on any atom is -0.395 e. The number of hydrogen-bond acceptors (Lipinski definition) is 4. The molecule has 98 valence electrons. The molecule has 1 rings (SSSR count). The van der Waals surface area contributed by atoms with Crippen molar-refractivity contribution in [2.24, 2.45) is 5.73 Å². The first kappa shape index (κ1) is 16.1. The van der Waals surface area contributed by atoms with E-state index < -0.39 is 0 Å². The lowest BCUT2D eigenvalue weighted by Crippen LogP contribution is -2.56. The molecule has 1 unspecified atom stereocenters. The number of aliphatic hydroxyl groups excluding tert-OH is 1. The van der Waals surface area contributed by atoms with Crippen molar-refractivity contribution in [1.82, 2.24) is 9.80 Å². The summed E-state index contributed by atoms with van der Waals surface area (Å²) in [7, 11) is 0. The highest BCUT2D eigenvalue weighted by Gasteiger charge is 2.25. The van der Waals surface area contributed by atoms with Crippen molar-refractivity contribution in [1.29, 1.82) is 0 Å². The average Bonchev–Trinajstić information content (AvgIpc) is 2.07. The lowest BCUT2D eigenvalue weighted by Gasteiger charge is -2.41. The van der Waals surface area contributed by atoms with E-state index in [9.17, 15) is 0 Å². The van der Waals surface area contributed by atoms with Gasteiger partial charge in [-0.1, -0.05) is 0 Å². The molecule has 0 radical (unpaired) electrons. The van der Waals surface area contributed by atoms with Gasteiger partial charge in [0.15, 0.2) is 0 Å². The second-order valence-corrected chi connectivity index (χ2v) is 5.33.